The third-order valence-electron chi connectivity index (χ3n) is 6.66. The number of rotatable bonds is 5. The minimum absolute atomic E-state index is 0.215. The second-order valence-electron chi connectivity index (χ2n) is 9.18. The molecule has 1 saturated carbocycles. The number of carbonyl (C=O) groups excluding carboxylic acids is 1. The predicted octanol–water partition coefficient (Wildman–Crippen LogP) is 5.83. The molecule has 2 unspecified atom stereocenters. The maximum Gasteiger partial charge on any atom is 0.433 e. The first kappa shape index (κ1) is 28.3. The van der Waals surface area contributed by atoms with Gasteiger partial charge in [0.15, 0.2) is 5.69 Å². The number of carbonyl (C=O) groups is 1. The summed E-state index contributed by atoms with van der Waals surface area (Å²) in [5.41, 5.74) is -7.71. The molecule has 15 heteroatoms. The van der Waals surface area contributed by atoms with Crippen molar-refractivity contribution in [3.8, 4) is 0 Å². The van der Waals surface area contributed by atoms with Crippen molar-refractivity contribution in [2.24, 2.45) is 5.92 Å². The third kappa shape index (κ3) is 5.24. The van der Waals surface area contributed by atoms with Gasteiger partial charge < -0.3 is 15.3 Å². The Bertz CT molecular complexity index is 1230. The number of hydrogen-bond donors (Lipinski definition) is 2. The number of hydrogen-bond acceptors (Lipinski definition) is 4. The Morgan fingerprint density at radius 2 is 1.71 bits per heavy atom. The van der Waals surface area contributed by atoms with Crippen LogP contribution in [-0.2, 0) is 29.1 Å². The monoisotopic (exact) mass is 575 g/mol. The summed E-state index contributed by atoms with van der Waals surface area (Å²) in [5, 5.41) is 12.5. The molecule has 0 spiro atoms. The van der Waals surface area contributed by atoms with Gasteiger partial charge in [0.25, 0.3) is 0 Å². The number of anilines is 1. The fraction of sp³-hybridized carbons (Fsp3) is 0.478. The second-order valence-corrected chi connectivity index (χ2v) is 9.62. The summed E-state index contributed by atoms with van der Waals surface area (Å²) < 4.78 is 124. The first-order chi connectivity index (χ1) is 17.4. The molecule has 2 atom stereocenters. The van der Waals surface area contributed by atoms with Gasteiger partial charge in [0, 0.05) is 29.6 Å². The SMILES string of the molecule is O=C(NCc1ccc(N2CCC(c3cc(Cl)cc(C(F)(F)F)c3)(C(F)(F)F)C2O)nc1C(F)(F)F)C1CC1. The van der Waals surface area contributed by atoms with Gasteiger partial charge in [-0.25, -0.2) is 4.98 Å². The van der Waals surface area contributed by atoms with E-state index in [1.807, 2.05) is 0 Å². The zero-order valence-corrected chi connectivity index (χ0v) is 19.9. The number of alkyl halides is 9. The lowest BCUT2D eigenvalue weighted by atomic mass is 9.76. The fourth-order valence-electron chi connectivity index (χ4n) is 4.51. The van der Waals surface area contributed by atoms with Crippen LogP contribution in [0.4, 0.5) is 45.3 Å². The van der Waals surface area contributed by atoms with Gasteiger partial charge in [-0.2, -0.15) is 39.5 Å². The lowest BCUT2D eigenvalue weighted by Gasteiger charge is -2.37. The Morgan fingerprint density at radius 3 is 2.26 bits per heavy atom. The second kappa shape index (κ2) is 9.47. The molecular formula is C23H19ClF9N3O2. The lowest BCUT2D eigenvalue weighted by molar-refractivity contribution is -0.211. The van der Waals surface area contributed by atoms with Crippen molar-refractivity contribution < 1.29 is 49.4 Å². The van der Waals surface area contributed by atoms with Crippen molar-refractivity contribution in [1.82, 2.24) is 10.3 Å². The molecule has 1 amide bonds. The van der Waals surface area contributed by atoms with Gasteiger partial charge in [-0.15, -0.1) is 0 Å². The minimum atomic E-state index is -5.32. The quantitative estimate of drug-likeness (QED) is 0.441. The molecule has 1 aromatic carbocycles. The van der Waals surface area contributed by atoms with Gasteiger partial charge in [-0.3, -0.25) is 4.79 Å². The number of aliphatic hydroxyl groups is 1. The van der Waals surface area contributed by atoms with Crippen molar-refractivity contribution in [3.05, 3.63) is 57.7 Å². The van der Waals surface area contributed by atoms with Gasteiger partial charge in [-0.1, -0.05) is 17.7 Å². The summed E-state index contributed by atoms with van der Waals surface area (Å²) >= 11 is 5.68. The molecule has 2 N–H and O–H groups in total. The van der Waals surface area contributed by atoms with Gasteiger partial charge >= 0.3 is 18.5 Å². The molecule has 2 aromatic rings. The topological polar surface area (TPSA) is 65.5 Å². The molecule has 2 fully saturated rings. The summed E-state index contributed by atoms with van der Waals surface area (Å²) in [4.78, 5) is 15.8. The Hall–Kier alpha value is -2.74. The first-order valence-corrected chi connectivity index (χ1v) is 11.6. The number of halogens is 10. The smallest absolute Gasteiger partial charge is 0.372 e. The summed E-state index contributed by atoms with van der Waals surface area (Å²) in [7, 11) is 0. The van der Waals surface area contributed by atoms with Gasteiger partial charge in [-0.05, 0) is 49.1 Å². The molecule has 1 aliphatic heterocycles. The average Bonchev–Trinajstić information content (AvgIpc) is 3.58. The van der Waals surface area contributed by atoms with E-state index in [1.54, 1.807) is 0 Å². The molecule has 0 bridgehead atoms. The summed E-state index contributed by atoms with van der Waals surface area (Å²) in [6.45, 7) is -1.22. The molecule has 5 nitrogen and oxygen atoms in total. The Morgan fingerprint density at radius 1 is 1.05 bits per heavy atom. The van der Waals surface area contributed by atoms with E-state index in [1.165, 1.54) is 0 Å². The van der Waals surface area contributed by atoms with Crippen molar-refractivity contribution in [2.45, 2.75) is 56.0 Å². The number of amides is 1. The van der Waals surface area contributed by atoms with Crippen molar-refractivity contribution >= 4 is 23.3 Å². The Kier molecular flexibility index (Phi) is 7.05. The molecular weight excluding hydrogens is 557 g/mol. The van der Waals surface area contributed by atoms with E-state index in [9.17, 15) is 49.4 Å². The van der Waals surface area contributed by atoms with Crippen LogP contribution in [0.25, 0.3) is 0 Å². The molecule has 1 saturated heterocycles. The summed E-state index contributed by atoms with van der Waals surface area (Å²) in [6.07, 6.45) is -17.8. The normalized spacial score (nSPS) is 22.6. The van der Waals surface area contributed by atoms with Crippen LogP contribution in [0.15, 0.2) is 30.3 Å². The number of nitrogens with zero attached hydrogens (tertiary/aromatic N) is 2. The maximum atomic E-state index is 14.4. The van der Waals surface area contributed by atoms with Crippen molar-refractivity contribution in [1.29, 1.82) is 0 Å². The van der Waals surface area contributed by atoms with Crippen LogP contribution in [0.3, 0.4) is 0 Å². The highest BCUT2D eigenvalue weighted by Crippen LogP contribution is 2.53. The van der Waals surface area contributed by atoms with E-state index < -0.39 is 88.8 Å². The zero-order valence-electron chi connectivity index (χ0n) is 19.1. The number of benzene rings is 1. The van der Waals surface area contributed by atoms with Crippen LogP contribution in [-0.4, -0.2) is 34.9 Å². The molecule has 1 aliphatic carbocycles. The number of pyridine rings is 1. The molecule has 2 aliphatic rings. The van der Waals surface area contributed by atoms with Crippen LogP contribution in [0, 0.1) is 5.92 Å². The van der Waals surface area contributed by atoms with Gasteiger partial charge in [0.05, 0.1) is 5.56 Å². The van der Waals surface area contributed by atoms with E-state index in [0.29, 0.717) is 29.9 Å². The standard InChI is InChI=1S/C23H19ClF9N3O2/c24-15-8-13(7-14(9-15)21(25,26)27)20(23(31,32)33)5-6-36(19(20)38)16-4-3-12(17(35-16)22(28,29)30)10-34-18(37)11-1-2-11/h3-4,7-9,11,19,38H,1-2,5-6,10H2,(H,34,37). The van der Waals surface area contributed by atoms with Crippen molar-refractivity contribution in [2.75, 3.05) is 11.4 Å². The largest absolute Gasteiger partial charge is 0.433 e. The van der Waals surface area contributed by atoms with E-state index in [4.69, 9.17) is 11.6 Å². The number of nitrogens with one attached hydrogen (secondary N) is 1. The van der Waals surface area contributed by atoms with Crippen LogP contribution >= 0.6 is 11.6 Å². The number of aliphatic hydroxyl groups excluding tert-OH is 1. The summed E-state index contributed by atoms with van der Waals surface area (Å²) in [6, 6.07) is 3.14. The molecule has 4 rings (SSSR count). The first-order valence-electron chi connectivity index (χ1n) is 11.2. The molecule has 0 radical (unpaired) electrons. The molecule has 2 heterocycles. The maximum absolute atomic E-state index is 14.4. The zero-order chi connectivity index (χ0) is 28.3. The highest BCUT2D eigenvalue weighted by Gasteiger charge is 2.65. The van der Waals surface area contributed by atoms with Crippen LogP contribution in [0.5, 0.6) is 0 Å². The minimum Gasteiger partial charge on any atom is -0.372 e. The van der Waals surface area contributed by atoms with Gasteiger partial charge in [0.2, 0.25) is 5.91 Å². The van der Waals surface area contributed by atoms with Crippen LogP contribution < -0.4 is 10.2 Å². The number of aromatic nitrogens is 1. The Labute approximate surface area is 214 Å². The van der Waals surface area contributed by atoms with E-state index in [-0.39, 0.29) is 12.0 Å². The molecule has 38 heavy (non-hydrogen) atoms. The predicted molar refractivity (Wildman–Crippen MR) is 116 cm³/mol. The lowest BCUT2D eigenvalue weighted by Crippen LogP contribution is -2.52. The summed E-state index contributed by atoms with van der Waals surface area (Å²) in [5.74, 6) is -1.39. The van der Waals surface area contributed by atoms with Crippen molar-refractivity contribution in [3.63, 3.8) is 0 Å². The van der Waals surface area contributed by atoms with Crippen LogP contribution in [0.1, 0.15) is 41.6 Å². The molecule has 208 valence electrons. The van der Waals surface area contributed by atoms with E-state index in [2.05, 4.69) is 10.3 Å². The average molecular weight is 576 g/mol. The highest BCUT2D eigenvalue weighted by molar-refractivity contribution is 6.30. The fourth-order valence-corrected chi connectivity index (χ4v) is 4.74. The third-order valence-corrected chi connectivity index (χ3v) is 6.88. The molecule has 1 aromatic heterocycles. The van der Waals surface area contributed by atoms with Gasteiger partial charge in [0.1, 0.15) is 17.5 Å². The highest BCUT2D eigenvalue weighted by atomic mass is 35.5. The Balaban J connectivity index is 1.73. The van der Waals surface area contributed by atoms with Crippen LogP contribution in [0.2, 0.25) is 5.02 Å². The van der Waals surface area contributed by atoms with E-state index in [0.717, 1.165) is 12.1 Å². The van der Waals surface area contributed by atoms with E-state index >= 15 is 0 Å².